The summed E-state index contributed by atoms with van der Waals surface area (Å²) in [7, 11) is 1.67. The number of hydrogen-bond donors (Lipinski definition) is 2. The lowest BCUT2D eigenvalue weighted by atomic mass is 9.99. The quantitative estimate of drug-likeness (QED) is 0.724. The Hall–Kier alpha value is -1.14. The minimum atomic E-state index is -0.895. The number of carbonyl (C=O) groups excluding carboxylic acids is 1. The fourth-order valence-corrected chi connectivity index (χ4v) is 2.63. The Labute approximate surface area is 106 Å². The zero-order valence-corrected chi connectivity index (χ0v) is 10.6. The Balaban J connectivity index is 1.98. The predicted octanol–water partition coefficient (Wildman–Crippen LogP) is -0.313. The van der Waals surface area contributed by atoms with Crippen LogP contribution in [0.1, 0.15) is 19.3 Å². The molecule has 0 bridgehead atoms. The number of aliphatic carboxylic acids is 1. The predicted molar refractivity (Wildman–Crippen MR) is 64.1 cm³/mol. The van der Waals surface area contributed by atoms with Gasteiger partial charge in [-0.1, -0.05) is 6.42 Å². The first-order valence-electron chi connectivity index (χ1n) is 6.42. The molecular weight excluding hydrogens is 236 g/mol. The standard InChI is InChI=1S/C12H20N2O4/c1-14(10-7-18-6-8(10)12(16)17)11(15)9-4-2-3-5-13-9/h8-10,13H,2-7H2,1H3,(H,16,17)/t8?,9-,10?/m0/s1. The molecule has 2 fully saturated rings. The SMILES string of the molecule is CN(C(=O)[C@@H]1CCCCN1)C1COCC1C(=O)O. The lowest BCUT2D eigenvalue weighted by Gasteiger charge is -2.32. The van der Waals surface area contributed by atoms with E-state index in [1.807, 2.05) is 0 Å². The average Bonchev–Trinajstić information content (AvgIpc) is 2.87. The van der Waals surface area contributed by atoms with Gasteiger partial charge in [0, 0.05) is 7.05 Å². The van der Waals surface area contributed by atoms with Crippen LogP contribution in [0.15, 0.2) is 0 Å². The molecule has 0 aliphatic carbocycles. The van der Waals surface area contributed by atoms with Crippen LogP contribution in [-0.2, 0) is 14.3 Å². The molecule has 2 rings (SSSR count). The topological polar surface area (TPSA) is 78.9 Å². The molecule has 1 amide bonds. The van der Waals surface area contributed by atoms with E-state index in [2.05, 4.69) is 5.32 Å². The second-order valence-corrected chi connectivity index (χ2v) is 5.00. The van der Waals surface area contributed by atoms with Gasteiger partial charge in [-0.3, -0.25) is 9.59 Å². The molecule has 18 heavy (non-hydrogen) atoms. The molecule has 0 radical (unpaired) electrons. The maximum Gasteiger partial charge on any atom is 0.311 e. The largest absolute Gasteiger partial charge is 0.481 e. The van der Waals surface area contributed by atoms with Crippen LogP contribution in [0.25, 0.3) is 0 Å². The fraction of sp³-hybridized carbons (Fsp3) is 0.833. The number of amides is 1. The van der Waals surface area contributed by atoms with Crippen LogP contribution >= 0.6 is 0 Å². The lowest BCUT2D eigenvalue weighted by molar-refractivity contribution is -0.145. The summed E-state index contributed by atoms with van der Waals surface area (Å²) >= 11 is 0. The summed E-state index contributed by atoms with van der Waals surface area (Å²) < 4.78 is 5.19. The molecule has 0 aromatic heterocycles. The third-order valence-corrected chi connectivity index (χ3v) is 3.82. The average molecular weight is 256 g/mol. The molecule has 2 unspecified atom stereocenters. The summed E-state index contributed by atoms with van der Waals surface area (Å²) in [5, 5.41) is 12.3. The van der Waals surface area contributed by atoms with Crippen molar-refractivity contribution < 1.29 is 19.4 Å². The van der Waals surface area contributed by atoms with Crippen LogP contribution in [0.4, 0.5) is 0 Å². The number of piperidine rings is 1. The van der Waals surface area contributed by atoms with Gasteiger partial charge in [-0.2, -0.15) is 0 Å². The molecule has 0 saturated carbocycles. The van der Waals surface area contributed by atoms with E-state index in [0.29, 0.717) is 6.61 Å². The molecule has 3 atom stereocenters. The van der Waals surface area contributed by atoms with Crippen LogP contribution in [0, 0.1) is 5.92 Å². The highest BCUT2D eigenvalue weighted by Crippen LogP contribution is 2.21. The van der Waals surface area contributed by atoms with Gasteiger partial charge in [0.25, 0.3) is 0 Å². The molecule has 2 saturated heterocycles. The highest BCUT2D eigenvalue weighted by Gasteiger charge is 2.39. The molecule has 2 N–H and O–H groups in total. The van der Waals surface area contributed by atoms with Gasteiger partial charge in [0.1, 0.15) is 5.92 Å². The molecule has 6 heteroatoms. The molecule has 102 valence electrons. The molecule has 2 heterocycles. The van der Waals surface area contributed by atoms with Crippen LogP contribution in [0.5, 0.6) is 0 Å². The number of carboxylic acids is 1. The van der Waals surface area contributed by atoms with Gasteiger partial charge in [-0.25, -0.2) is 0 Å². The number of nitrogens with zero attached hydrogens (tertiary/aromatic N) is 1. The molecule has 0 spiro atoms. The third kappa shape index (κ3) is 2.64. The smallest absolute Gasteiger partial charge is 0.311 e. The minimum absolute atomic E-state index is 0.0172. The first-order valence-corrected chi connectivity index (χ1v) is 6.42. The Morgan fingerprint density at radius 2 is 2.11 bits per heavy atom. The Morgan fingerprint density at radius 3 is 2.72 bits per heavy atom. The van der Waals surface area contributed by atoms with Crippen LogP contribution < -0.4 is 5.32 Å². The summed E-state index contributed by atoms with van der Waals surface area (Å²) in [4.78, 5) is 24.9. The summed E-state index contributed by atoms with van der Waals surface area (Å²) in [5.74, 6) is -1.52. The van der Waals surface area contributed by atoms with E-state index in [1.165, 1.54) is 0 Å². The summed E-state index contributed by atoms with van der Waals surface area (Å²) in [5.41, 5.74) is 0. The highest BCUT2D eigenvalue weighted by atomic mass is 16.5. The Morgan fingerprint density at radius 1 is 1.33 bits per heavy atom. The molecule has 0 aromatic rings. The van der Waals surface area contributed by atoms with Gasteiger partial charge >= 0.3 is 5.97 Å². The van der Waals surface area contributed by atoms with Crippen molar-refractivity contribution >= 4 is 11.9 Å². The van der Waals surface area contributed by atoms with Gasteiger partial charge in [0.15, 0.2) is 0 Å². The zero-order chi connectivity index (χ0) is 13.1. The van der Waals surface area contributed by atoms with Crippen molar-refractivity contribution in [2.75, 3.05) is 26.8 Å². The van der Waals surface area contributed by atoms with Crippen molar-refractivity contribution in [1.29, 1.82) is 0 Å². The monoisotopic (exact) mass is 256 g/mol. The van der Waals surface area contributed by atoms with E-state index in [4.69, 9.17) is 9.84 Å². The molecule has 6 nitrogen and oxygen atoms in total. The van der Waals surface area contributed by atoms with Crippen molar-refractivity contribution in [3.63, 3.8) is 0 Å². The fourth-order valence-electron chi connectivity index (χ4n) is 2.63. The highest BCUT2D eigenvalue weighted by molar-refractivity contribution is 5.83. The van der Waals surface area contributed by atoms with Gasteiger partial charge in [0.05, 0.1) is 25.3 Å². The maximum absolute atomic E-state index is 12.3. The van der Waals surface area contributed by atoms with E-state index in [0.717, 1.165) is 25.8 Å². The zero-order valence-electron chi connectivity index (χ0n) is 10.6. The lowest BCUT2D eigenvalue weighted by Crippen LogP contribution is -2.52. The van der Waals surface area contributed by atoms with Gasteiger partial charge in [-0.15, -0.1) is 0 Å². The first-order chi connectivity index (χ1) is 8.61. The second kappa shape index (κ2) is 5.67. The van der Waals surface area contributed by atoms with Crippen LogP contribution in [0.3, 0.4) is 0 Å². The van der Waals surface area contributed by atoms with Crippen molar-refractivity contribution in [2.45, 2.75) is 31.3 Å². The van der Waals surface area contributed by atoms with Crippen molar-refractivity contribution in [2.24, 2.45) is 5.92 Å². The molecule has 2 aliphatic heterocycles. The number of carbonyl (C=O) groups is 2. The Bertz CT molecular complexity index is 328. The summed E-state index contributed by atoms with van der Waals surface area (Å²) in [6.07, 6.45) is 2.97. The number of hydrogen-bond acceptors (Lipinski definition) is 4. The van der Waals surface area contributed by atoms with E-state index in [-0.39, 0.29) is 24.6 Å². The number of carboxylic acid groups (broad SMARTS) is 1. The number of ether oxygens (including phenoxy) is 1. The van der Waals surface area contributed by atoms with Crippen molar-refractivity contribution in [3.8, 4) is 0 Å². The van der Waals surface area contributed by atoms with Gasteiger partial charge in [0.2, 0.25) is 5.91 Å². The van der Waals surface area contributed by atoms with Crippen molar-refractivity contribution in [1.82, 2.24) is 10.2 Å². The van der Waals surface area contributed by atoms with E-state index in [9.17, 15) is 9.59 Å². The molecular formula is C12H20N2O4. The van der Waals surface area contributed by atoms with E-state index >= 15 is 0 Å². The van der Waals surface area contributed by atoms with Gasteiger partial charge < -0.3 is 20.1 Å². The van der Waals surface area contributed by atoms with Crippen LogP contribution in [0.2, 0.25) is 0 Å². The van der Waals surface area contributed by atoms with Crippen LogP contribution in [-0.4, -0.2) is 60.8 Å². The van der Waals surface area contributed by atoms with E-state index in [1.54, 1.807) is 11.9 Å². The van der Waals surface area contributed by atoms with Gasteiger partial charge in [-0.05, 0) is 19.4 Å². The third-order valence-electron chi connectivity index (χ3n) is 3.82. The first kappa shape index (κ1) is 13.3. The van der Waals surface area contributed by atoms with E-state index < -0.39 is 11.9 Å². The molecule has 2 aliphatic rings. The maximum atomic E-state index is 12.3. The Kier molecular flexibility index (Phi) is 4.19. The minimum Gasteiger partial charge on any atom is -0.481 e. The summed E-state index contributed by atoms with van der Waals surface area (Å²) in [6, 6.07) is -0.516. The number of nitrogens with one attached hydrogen (secondary N) is 1. The summed E-state index contributed by atoms with van der Waals surface area (Å²) in [6.45, 7) is 1.36. The molecule has 0 aromatic carbocycles. The second-order valence-electron chi connectivity index (χ2n) is 5.00. The van der Waals surface area contributed by atoms with Crippen molar-refractivity contribution in [3.05, 3.63) is 0 Å². The normalized spacial score (nSPS) is 32.2. The number of rotatable bonds is 3. The number of likely N-dealkylation sites (N-methyl/N-ethyl adjacent to an activating group) is 1.